The molecule has 2 N–H and O–H groups in total. The number of rotatable bonds is 4. The van der Waals surface area contributed by atoms with Crippen LogP contribution in [0.2, 0.25) is 0 Å². The molecule has 0 radical (unpaired) electrons. The second kappa shape index (κ2) is 4.74. The van der Waals surface area contributed by atoms with Gasteiger partial charge in [-0.25, -0.2) is 0 Å². The van der Waals surface area contributed by atoms with Gasteiger partial charge >= 0.3 is 0 Å². The van der Waals surface area contributed by atoms with Gasteiger partial charge in [-0.3, -0.25) is 0 Å². The van der Waals surface area contributed by atoms with E-state index in [0.717, 1.165) is 5.56 Å². The van der Waals surface area contributed by atoms with E-state index in [1.165, 1.54) is 0 Å². The molecule has 0 spiro atoms. The Morgan fingerprint density at radius 1 is 1.24 bits per heavy atom. The number of aliphatic carboxylic acids is 1. The maximum Gasteiger partial charge on any atom is 0.0632 e. The molecule has 1 atom stereocenters. The van der Waals surface area contributed by atoms with Crippen LogP contribution in [0.1, 0.15) is 18.0 Å². The predicted molar refractivity (Wildman–Crippen MR) is 63.0 cm³/mol. The van der Waals surface area contributed by atoms with Crippen LogP contribution in [-0.2, 0) is 4.79 Å². The Labute approximate surface area is 99.3 Å². The molecule has 0 fully saturated rings. The first kappa shape index (κ1) is 11.3. The molecule has 0 unspecified atom stereocenters. The normalized spacial score (nSPS) is 12.2. The van der Waals surface area contributed by atoms with Crippen LogP contribution in [0.3, 0.4) is 0 Å². The van der Waals surface area contributed by atoms with Crippen molar-refractivity contribution in [3.8, 4) is 0 Å². The van der Waals surface area contributed by atoms with Gasteiger partial charge in [0, 0.05) is 30.5 Å². The quantitative estimate of drug-likeness (QED) is 0.788. The van der Waals surface area contributed by atoms with Crippen LogP contribution < -0.4 is 10.8 Å². The number of carboxylic acids is 1. The molecule has 17 heavy (non-hydrogen) atoms. The third-order valence-electron chi connectivity index (χ3n) is 2.67. The van der Waals surface area contributed by atoms with Crippen LogP contribution in [0, 0.1) is 0 Å². The number of benzene rings is 1. The summed E-state index contributed by atoms with van der Waals surface area (Å²) in [5.74, 6) is -1.07. The molecule has 0 aliphatic rings. The van der Waals surface area contributed by atoms with Crippen molar-refractivity contribution in [2.45, 2.75) is 12.5 Å². The first-order chi connectivity index (χ1) is 8.16. The molecule has 0 bridgehead atoms. The van der Waals surface area contributed by atoms with E-state index >= 15 is 0 Å². The minimum atomic E-state index is -1.07. The maximum absolute atomic E-state index is 10.8. The molecule has 2 rings (SSSR count). The zero-order valence-corrected chi connectivity index (χ0v) is 9.24. The van der Waals surface area contributed by atoms with E-state index in [0.29, 0.717) is 5.69 Å². The van der Waals surface area contributed by atoms with Crippen LogP contribution in [0.5, 0.6) is 0 Å². The number of hydrogen-bond donors (Lipinski definition) is 1. The average Bonchev–Trinajstić information content (AvgIpc) is 2.80. The van der Waals surface area contributed by atoms with Gasteiger partial charge in [0.25, 0.3) is 0 Å². The summed E-state index contributed by atoms with van der Waals surface area (Å²) in [6.07, 6.45) is 3.62. The van der Waals surface area contributed by atoms with E-state index in [2.05, 4.69) is 0 Å². The second-order valence-corrected chi connectivity index (χ2v) is 3.89. The van der Waals surface area contributed by atoms with Gasteiger partial charge < -0.3 is 20.2 Å². The fraction of sp³-hybridized carbons (Fsp3) is 0.154. The number of carbonyl (C=O) groups excluding carboxylic acids is 1. The lowest BCUT2D eigenvalue weighted by atomic mass is 10.0. The van der Waals surface area contributed by atoms with E-state index in [4.69, 9.17) is 5.73 Å². The highest BCUT2D eigenvalue weighted by molar-refractivity contribution is 5.65. The first-order valence-electron chi connectivity index (χ1n) is 5.34. The Morgan fingerprint density at radius 3 is 2.35 bits per heavy atom. The van der Waals surface area contributed by atoms with Crippen molar-refractivity contribution in [2.24, 2.45) is 0 Å². The lowest BCUT2D eigenvalue weighted by molar-refractivity contribution is -0.306. The zero-order chi connectivity index (χ0) is 12.3. The van der Waals surface area contributed by atoms with Gasteiger partial charge in [0.05, 0.1) is 6.04 Å². The first-order valence-corrected chi connectivity index (χ1v) is 5.34. The molecule has 88 valence electrons. The number of nitrogens with two attached hydrogens (primary N) is 1. The van der Waals surface area contributed by atoms with Gasteiger partial charge in [0.15, 0.2) is 0 Å². The Balaban J connectivity index is 2.33. The smallest absolute Gasteiger partial charge is 0.0632 e. The highest BCUT2D eigenvalue weighted by Crippen LogP contribution is 2.22. The summed E-state index contributed by atoms with van der Waals surface area (Å²) in [5.41, 5.74) is 7.17. The summed E-state index contributed by atoms with van der Waals surface area (Å²) in [5, 5.41) is 10.8. The van der Waals surface area contributed by atoms with Crippen molar-refractivity contribution in [3.05, 3.63) is 54.4 Å². The Bertz CT molecular complexity index is 489. The van der Waals surface area contributed by atoms with Gasteiger partial charge in [0.2, 0.25) is 0 Å². The standard InChI is InChI=1S/C13H14N2O2/c14-11-5-3-10(4-6-11)12(9-13(16)17)15-7-1-2-8-15/h1-8,12H,9,14H2,(H,16,17)/p-1/t12-/m1/s1. The molecule has 0 saturated carbocycles. The lowest BCUT2D eigenvalue weighted by Gasteiger charge is -2.20. The Morgan fingerprint density at radius 2 is 1.82 bits per heavy atom. The molecule has 4 nitrogen and oxygen atoms in total. The third-order valence-corrected chi connectivity index (χ3v) is 2.67. The van der Waals surface area contributed by atoms with Crippen molar-refractivity contribution in [3.63, 3.8) is 0 Å². The lowest BCUT2D eigenvalue weighted by Crippen LogP contribution is -2.26. The molecule has 4 heteroatoms. The number of carbonyl (C=O) groups is 1. The van der Waals surface area contributed by atoms with E-state index < -0.39 is 5.97 Å². The van der Waals surface area contributed by atoms with Gasteiger partial charge in [-0.1, -0.05) is 12.1 Å². The SMILES string of the molecule is Nc1ccc([C@@H](CC(=O)[O-])n2cccc2)cc1. The monoisotopic (exact) mass is 229 g/mol. The van der Waals surface area contributed by atoms with Gasteiger partial charge in [-0.2, -0.15) is 0 Å². The minimum absolute atomic E-state index is 0.0569. The molecule has 1 aromatic heterocycles. The highest BCUT2D eigenvalue weighted by atomic mass is 16.4. The maximum atomic E-state index is 10.8. The summed E-state index contributed by atoms with van der Waals surface area (Å²) >= 11 is 0. The predicted octanol–water partition coefficient (Wildman–Crippen LogP) is 0.800. The van der Waals surface area contributed by atoms with Crippen molar-refractivity contribution in [2.75, 3.05) is 5.73 Å². The summed E-state index contributed by atoms with van der Waals surface area (Å²) in [6.45, 7) is 0. The van der Waals surface area contributed by atoms with E-state index in [9.17, 15) is 9.90 Å². The molecule has 0 aliphatic carbocycles. The van der Waals surface area contributed by atoms with E-state index in [-0.39, 0.29) is 12.5 Å². The van der Waals surface area contributed by atoms with Crippen LogP contribution in [0.15, 0.2) is 48.8 Å². The number of aromatic nitrogens is 1. The zero-order valence-electron chi connectivity index (χ0n) is 9.24. The molecule has 0 saturated heterocycles. The Hall–Kier alpha value is -2.23. The van der Waals surface area contributed by atoms with Crippen molar-refractivity contribution < 1.29 is 9.90 Å². The fourth-order valence-corrected chi connectivity index (χ4v) is 1.83. The van der Waals surface area contributed by atoms with Crippen molar-refractivity contribution in [1.29, 1.82) is 0 Å². The summed E-state index contributed by atoms with van der Waals surface area (Å²) in [7, 11) is 0. The van der Waals surface area contributed by atoms with Crippen LogP contribution in [-0.4, -0.2) is 10.5 Å². The molecule has 1 heterocycles. The number of nitrogens with zero attached hydrogens (tertiary/aromatic N) is 1. The molecule has 2 aromatic rings. The molecular formula is C13H13N2O2-. The minimum Gasteiger partial charge on any atom is -0.550 e. The van der Waals surface area contributed by atoms with Gasteiger partial charge in [0.1, 0.15) is 0 Å². The van der Waals surface area contributed by atoms with Gasteiger partial charge in [-0.05, 0) is 29.8 Å². The van der Waals surface area contributed by atoms with Crippen molar-refractivity contribution >= 4 is 11.7 Å². The highest BCUT2D eigenvalue weighted by Gasteiger charge is 2.12. The number of anilines is 1. The van der Waals surface area contributed by atoms with E-state index in [1.54, 1.807) is 12.1 Å². The number of carboxylic acid groups (broad SMARTS) is 1. The summed E-state index contributed by atoms with van der Waals surface area (Å²) in [6, 6.07) is 10.7. The van der Waals surface area contributed by atoms with Crippen molar-refractivity contribution in [1.82, 2.24) is 4.57 Å². The second-order valence-electron chi connectivity index (χ2n) is 3.89. The number of hydrogen-bond acceptors (Lipinski definition) is 3. The van der Waals surface area contributed by atoms with E-state index in [1.807, 2.05) is 41.2 Å². The summed E-state index contributed by atoms with van der Waals surface area (Å²) in [4.78, 5) is 10.8. The average molecular weight is 229 g/mol. The summed E-state index contributed by atoms with van der Waals surface area (Å²) < 4.78 is 1.85. The number of nitrogen functional groups attached to an aromatic ring is 1. The third kappa shape index (κ3) is 2.66. The van der Waals surface area contributed by atoms with Crippen LogP contribution in [0.25, 0.3) is 0 Å². The molecule has 0 aliphatic heterocycles. The van der Waals surface area contributed by atoms with Crippen LogP contribution in [0.4, 0.5) is 5.69 Å². The molecular weight excluding hydrogens is 216 g/mol. The molecule has 1 aromatic carbocycles. The Kier molecular flexibility index (Phi) is 3.14. The largest absolute Gasteiger partial charge is 0.550 e. The molecule has 0 amide bonds. The van der Waals surface area contributed by atoms with Gasteiger partial charge in [-0.15, -0.1) is 0 Å². The topological polar surface area (TPSA) is 71.1 Å². The van der Waals surface area contributed by atoms with Crippen LogP contribution >= 0.6 is 0 Å². The fourth-order valence-electron chi connectivity index (χ4n) is 1.83.